The standard InChI is InChI=1S/C13H9ClN6O/c14-10-5-4-9(20-8-16-18-19-20)7-12(10)17-13(21)11-3-1-2-6-15-11/h1-8H,(H,17,21). The molecule has 1 N–H and O–H groups in total. The number of halogens is 1. The van der Waals surface area contributed by atoms with Gasteiger partial charge in [0.15, 0.2) is 0 Å². The third-order valence-corrected chi connectivity index (χ3v) is 3.04. The maximum atomic E-state index is 12.1. The third kappa shape index (κ3) is 2.87. The molecule has 7 nitrogen and oxygen atoms in total. The first kappa shape index (κ1) is 13.2. The van der Waals surface area contributed by atoms with E-state index in [1.54, 1.807) is 42.6 Å². The van der Waals surface area contributed by atoms with Gasteiger partial charge in [-0.15, -0.1) is 5.10 Å². The van der Waals surface area contributed by atoms with Crippen molar-refractivity contribution in [2.24, 2.45) is 0 Å². The van der Waals surface area contributed by atoms with Gasteiger partial charge in [0.25, 0.3) is 5.91 Å². The van der Waals surface area contributed by atoms with Crippen molar-refractivity contribution in [1.29, 1.82) is 0 Å². The predicted molar refractivity (Wildman–Crippen MR) is 76.4 cm³/mol. The van der Waals surface area contributed by atoms with Crippen LogP contribution < -0.4 is 5.32 Å². The zero-order valence-corrected chi connectivity index (χ0v) is 11.4. The fourth-order valence-electron chi connectivity index (χ4n) is 1.71. The number of nitrogens with zero attached hydrogens (tertiary/aromatic N) is 5. The van der Waals surface area contributed by atoms with Crippen molar-refractivity contribution < 1.29 is 4.79 Å². The van der Waals surface area contributed by atoms with Crippen LogP contribution in [0.25, 0.3) is 5.69 Å². The van der Waals surface area contributed by atoms with Crippen LogP contribution in [-0.2, 0) is 0 Å². The molecule has 0 bridgehead atoms. The van der Waals surface area contributed by atoms with E-state index in [0.29, 0.717) is 22.1 Å². The van der Waals surface area contributed by atoms with Gasteiger partial charge in [-0.1, -0.05) is 17.7 Å². The fourth-order valence-corrected chi connectivity index (χ4v) is 1.88. The molecule has 0 saturated heterocycles. The minimum absolute atomic E-state index is 0.307. The minimum atomic E-state index is -0.341. The Morgan fingerprint density at radius 3 is 2.86 bits per heavy atom. The SMILES string of the molecule is O=C(Nc1cc(-n2cnnn2)ccc1Cl)c1ccccn1. The average Bonchev–Trinajstić information content (AvgIpc) is 3.04. The van der Waals surface area contributed by atoms with Crippen molar-refractivity contribution in [2.75, 3.05) is 5.32 Å². The van der Waals surface area contributed by atoms with E-state index in [2.05, 4.69) is 25.8 Å². The second kappa shape index (κ2) is 5.68. The second-order valence-electron chi connectivity index (χ2n) is 4.09. The van der Waals surface area contributed by atoms with Crippen LogP contribution >= 0.6 is 11.6 Å². The lowest BCUT2D eigenvalue weighted by atomic mass is 10.2. The van der Waals surface area contributed by atoms with Crippen LogP contribution in [0.5, 0.6) is 0 Å². The molecule has 104 valence electrons. The number of anilines is 1. The Morgan fingerprint density at radius 1 is 1.24 bits per heavy atom. The number of pyridine rings is 1. The molecule has 0 atom stereocenters. The summed E-state index contributed by atoms with van der Waals surface area (Å²) in [5, 5.41) is 14.0. The summed E-state index contributed by atoms with van der Waals surface area (Å²) in [6, 6.07) is 10.2. The van der Waals surface area contributed by atoms with E-state index in [0.717, 1.165) is 0 Å². The molecule has 21 heavy (non-hydrogen) atoms. The number of hydrogen-bond acceptors (Lipinski definition) is 5. The van der Waals surface area contributed by atoms with Crippen molar-refractivity contribution in [1.82, 2.24) is 25.2 Å². The second-order valence-corrected chi connectivity index (χ2v) is 4.49. The van der Waals surface area contributed by atoms with Crippen molar-refractivity contribution in [3.63, 3.8) is 0 Å². The maximum absolute atomic E-state index is 12.1. The van der Waals surface area contributed by atoms with Crippen molar-refractivity contribution in [2.45, 2.75) is 0 Å². The highest BCUT2D eigenvalue weighted by molar-refractivity contribution is 6.34. The molecule has 0 spiro atoms. The van der Waals surface area contributed by atoms with Gasteiger partial charge in [-0.3, -0.25) is 9.78 Å². The van der Waals surface area contributed by atoms with Crippen LogP contribution in [0.3, 0.4) is 0 Å². The molecule has 8 heteroatoms. The molecule has 0 radical (unpaired) electrons. The maximum Gasteiger partial charge on any atom is 0.274 e. The summed E-state index contributed by atoms with van der Waals surface area (Å²) in [5.74, 6) is -0.341. The number of aromatic nitrogens is 5. The van der Waals surface area contributed by atoms with E-state index in [1.165, 1.54) is 11.0 Å². The van der Waals surface area contributed by atoms with Gasteiger partial charge < -0.3 is 5.32 Å². The van der Waals surface area contributed by atoms with Crippen LogP contribution in [-0.4, -0.2) is 31.1 Å². The predicted octanol–water partition coefficient (Wildman–Crippen LogP) is 1.96. The average molecular weight is 301 g/mol. The summed E-state index contributed by atoms with van der Waals surface area (Å²) in [7, 11) is 0. The third-order valence-electron chi connectivity index (χ3n) is 2.71. The molecular formula is C13H9ClN6O. The molecule has 0 saturated carbocycles. The molecule has 0 fully saturated rings. The molecule has 2 heterocycles. The van der Waals surface area contributed by atoms with Gasteiger partial charge in [-0.2, -0.15) is 0 Å². The first-order chi connectivity index (χ1) is 10.2. The van der Waals surface area contributed by atoms with E-state index < -0.39 is 0 Å². The first-order valence-corrected chi connectivity index (χ1v) is 6.37. The van der Waals surface area contributed by atoms with E-state index in [-0.39, 0.29) is 5.91 Å². The summed E-state index contributed by atoms with van der Waals surface area (Å²) in [4.78, 5) is 16.1. The molecule has 1 amide bonds. The van der Waals surface area contributed by atoms with Crippen LogP contribution in [0.1, 0.15) is 10.5 Å². The molecule has 0 aliphatic heterocycles. The number of rotatable bonds is 3. The van der Waals surface area contributed by atoms with Crippen molar-refractivity contribution in [3.05, 3.63) is 59.6 Å². The molecule has 0 unspecified atom stereocenters. The largest absolute Gasteiger partial charge is 0.319 e. The highest BCUT2D eigenvalue weighted by Crippen LogP contribution is 2.24. The normalized spacial score (nSPS) is 10.3. The lowest BCUT2D eigenvalue weighted by molar-refractivity contribution is 0.102. The van der Waals surface area contributed by atoms with Crippen LogP contribution in [0.2, 0.25) is 5.02 Å². The first-order valence-electron chi connectivity index (χ1n) is 5.99. The van der Waals surface area contributed by atoms with E-state index in [4.69, 9.17) is 11.6 Å². The Balaban J connectivity index is 1.88. The summed E-state index contributed by atoms with van der Waals surface area (Å²) in [6.07, 6.45) is 3.00. The molecular weight excluding hydrogens is 292 g/mol. The van der Waals surface area contributed by atoms with Crippen LogP contribution in [0.4, 0.5) is 5.69 Å². The fraction of sp³-hybridized carbons (Fsp3) is 0. The quantitative estimate of drug-likeness (QED) is 0.799. The van der Waals surface area contributed by atoms with Gasteiger partial charge in [0.05, 0.1) is 16.4 Å². The summed E-state index contributed by atoms with van der Waals surface area (Å²) in [5.41, 5.74) is 1.45. The molecule has 0 aliphatic rings. The van der Waals surface area contributed by atoms with Gasteiger partial charge in [-0.05, 0) is 40.8 Å². The molecule has 3 rings (SSSR count). The van der Waals surface area contributed by atoms with Gasteiger partial charge in [0, 0.05) is 6.20 Å². The van der Waals surface area contributed by atoms with Gasteiger partial charge in [0.2, 0.25) is 0 Å². The smallest absolute Gasteiger partial charge is 0.274 e. The Kier molecular flexibility index (Phi) is 3.57. The lowest BCUT2D eigenvalue weighted by Crippen LogP contribution is -2.14. The molecule has 0 aliphatic carbocycles. The van der Waals surface area contributed by atoms with E-state index in [9.17, 15) is 4.79 Å². The highest BCUT2D eigenvalue weighted by atomic mass is 35.5. The lowest BCUT2D eigenvalue weighted by Gasteiger charge is -2.08. The zero-order valence-electron chi connectivity index (χ0n) is 10.6. The summed E-state index contributed by atoms with van der Waals surface area (Å²) in [6.45, 7) is 0. The monoisotopic (exact) mass is 300 g/mol. The van der Waals surface area contributed by atoms with E-state index >= 15 is 0 Å². The number of tetrazole rings is 1. The van der Waals surface area contributed by atoms with Crippen LogP contribution in [0.15, 0.2) is 48.9 Å². The van der Waals surface area contributed by atoms with Crippen molar-refractivity contribution >= 4 is 23.2 Å². The molecule has 2 aromatic heterocycles. The van der Waals surface area contributed by atoms with Crippen molar-refractivity contribution in [3.8, 4) is 5.69 Å². The Labute approximate surface area is 124 Å². The number of amides is 1. The highest BCUT2D eigenvalue weighted by Gasteiger charge is 2.10. The zero-order chi connectivity index (χ0) is 14.7. The van der Waals surface area contributed by atoms with Gasteiger partial charge in [-0.25, -0.2) is 4.68 Å². The van der Waals surface area contributed by atoms with Gasteiger partial charge in [0.1, 0.15) is 12.0 Å². The molecule has 1 aromatic carbocycles. The molecule has 3 aromatic rings. The van der Waals surface area contributed by atoms with Gasteiger partial charge >= 0.3 is 0 Å². The summed E-state index contributed by atoms with van der Waals surface area (Å²) < 4.78 is 1.47. The number of carbonyl (C=O) groups is 1. The number of carbonyl (C=O) groups excluding carboxylic acids is 1. The van der Waals surface area contributed by atoms with E-state index in [1.807, 2.05) is 0 Å². The van der Waals surface area contributed by atoms with Crippen LogP contribution in [0, 0.1) is 0 Å². The number of benzene rings is 1. The Hall–Kier alpha value is -2.80. The Morgan fingerprint density at radius 2 is 2.14 bits per heavy atom. The Bertz CT molecular complexity index is 760. The minimum Gasteiger partial charge on any atom is -0.319 e. The topological polar surface area (TPSA) is 85.6 Å². The number of hydrogen-bond donors (Lipinski definition) is 1. The summed E-state index contributed by atoms with van der Waals surface area (Å²) >= 11 is 6.09. The number of nitrogens with one attached hydrogen (secondary N) is 1.